The molecule has 0 radical (unpaired) electrons. The van der Waals surface area contributed by atoms with Crippen LogP contribution in [-0.4, -0.2) is 32.5 Å². The summed E-state index contributed by atoms with van der Waals surface area (Å²) in [5.74, 6) is 0.709. The number of amides is 1. The molecular weight excluding hydrogens is 440 g/mol. The molecule has 0 aliphatic heterocycles. The highest BCUT2D eigenvalue weighted by molar-refractivity contribution is 7.20. The van der Waals surface area contributed by atoms with E-state index in [1.807, 2.05) is 48.0 Å². The van der Waals surface area contributed by atoms with Gasteiger partial charge in [-0.25, -0.2) is 4.98 Å². The van der Waals surface area contributed by atoms with Crippen LogP contribution in [0.2, 0.25) is 5.02 Å². The normalized spacial score (nSPS) is 11.0. The average Bonchev–Trinajstić information content (AvgIpc) is 3.50. The number of nitrogens with zero attached hydrogens (tertiary/aromatic N) is 4. The molecule has 0 N–H and O–H groups in total. The lowest BCUT2D eigenvalue weighted by molar-refractivity contribution is -0.131. The third-order valence-electron chi connectivity index (χ3n) is 4.36. The minimum Gasteiger partial charge on any atom is -0.419 e. The Morgan fingerprint density at radius 1 is 1.17 bits per heavy atom. The molecule has 0 aliphatic carbocycles. The van der Waals surface area contributed by atoms with E-state index in [9.17, 15) is 4.79 Å². The number of benzene rings is 1. The number of aromatic nitrogens is 3. The molecule has 4 aromatic rings. The molecule has 3 aromatic heterocycles. The van der Waals surface area contributed by atoms with E-state index in [0.717, 1.165) is 22.0 Å². The summed E-state index contributed by atoms with van der Waals surface area (Å²) in [6.07, 6.45) is 1.07. The topological polar surface area (TPSA) is 72.1 Å². The van der Waals surface area contributed by atoms with Gasteiger partial charge < -0.3 is 9.32 Å². The monoisotopic (exact) mass is 458 g/mol. The molecular formula is C21H19ClN4O2S2. The van der Waals surface area contributed by atoms with Gasteiger partial charge in [0.1, 0.15) is 5.01 Å². The molecule has 0 atom stereocenters. The van der Waals surface area contributed by atoms with Crippen LogP contribution in [0.1, 0.15) is 24.9 Å². The minimum atomic E-state index is -0.0163. The van der Waals surface area contributed by atoms with E-state index < -0.39 is 0 Å². The fourth-order valence-corrected chi connectivity index (χ4v) is 4.80. The summed E-state index contributed by atoms with van der Waals surface area (Å²) in [5, 5.41) is 13.6. The van der Waals surface area contributed by atoms with Crippen LogP contribution in [0.3, 0.4) is 0 Å². The number of hydrogen-bond donors (Lipinski definition) is 0. The molecule has 1 aromatic carbocycles. The Bertz CT molecular complexity index is 1120. The fraction of sp³-hybridized carbons (Fsp3) is 0.238. The van der Waals surface area contributed by atoms with Gasteiger partial charge in [-0.3, -0.25) is 4.79 Å². The maximum Gasteiger partial charge on any atom is 0.249 e. The Hall–Kier alpha value is -2.55. The molecule has 0 fully saturated rings. The van der Waals surface area contributed by atoms with Crippen molar-refractivity contribution in [2.75, 3.05) is 6.54 Å². The molecule has 6 nitrogen and oxygen atoms in total. The number of carbonyl (C=O) groups excluding carboxylic acids is 1. The van der Waals surface area contributed by atoms with E-state index in [1.165, 1.54) is 0 Å². The maximum absolute atomic E-state index is 12.9. The molecule has 0 saturated heterocycles. The summed E-state index contributed by atoms with van der Waals surface area (Å²) in [5.41, 5.74) is 1.45. The summed E-state index contributed by atoms with van der Waals surface area (Å²) < 4.78 is 5.77. The highest BCUT2D eigenvalue weighted by atomic mass is 35.5. The van der Waals surface area contributed by atoms with Crippen molar-refractivity contribution in [3.63, 3.8) is 0 Å². The summed E-state index contributed by atoms with van der Waals surface area (Å²) in [4.78, 5) is 20.4. The molecule has 3 heterocycles. The van der Waals surface area contributed by atoms with E-state index in [0.29, 0.717) is 28.9 Å². The lowest BCUT2D eigenvalue weighted by atomic mass is 10.2. The Labute approximate surface area is 187 Å². The predicted octanol–water partition coefficient (Wildman–Crippen LogP) is 5.56. The van der Waals surface area contributed by atoms with Crippen LogP contribution in [0, 0.1) is 0 Å². The molecule has 0 unspecified atom stereocenters. The second kappa shape index (κ2) is 9.51. The quantitative estimate of drug-likeness (QED) is 0.346. The number of thiazole rings is 1. The van der Waals surface area contributed by atoms with Crippen molar-refractivity contribution in [2.24, 2.45) is 0 Å². The Morgan fingerprint density at radius 2 is 2.03 bits per heavy atom. The van der Waals surface area contributed by atoms with Crippen LogP contribution in [-0.2, 0) is 17.8 Å². The molecule has 0 spiro atoms. The van der Waals surface area contributed by atoms with Crippen LogP contribution in [0.4, 0.5) is 0 Å². The molecule has 154 valence electrons. The van der Waals surface area contributed by atoms with Crippen molar-refractivity contribution in [3.8, 4) is 21.3 Å². The van der Waals surface area contributed by atoms with Gasteiger partial charge in [-0.1, -0.05) is 36.7 Å². The van der Waals surface area contributed by atoms with Crippen molar-refractivity contribution >= 4 is 40.2 Å². The molecule has 0 aliphatic rings. The van der Waals surface area contributed by atoms with Crippen molar-refractivity contribution in [1.29, 1.82) is 0 Å². The van der Waals surface area contributed by atoms with Gasteiger partial charge in [-0.05, 0) is 30.0 Å². The van der Waals surface area contributed by atoms with Gasteiger partial charge in [0.2, 0.25) is 17.7 Å². The second-order valence-electron chi connectivity index (χ2n) is 6.59. The maximum atomic E-state index is 12.9. The van der Waals surface area contributed by atoms with E-state index in [2.05, 4.69) is 15.2 Å². The Balaban J connectivity index is 1.45. The van der Waals surface area contributed by atoms with Crippen LogP contribution < -0.4 is 0 Å². The number of hydrogen-bond acceptors (Lipinski definition) is 7. The third-order valence-corrected chi connectivity index (χ3v) is 6.62. The van der Waals surface area contributed by atoms with Crippen LogP contribution >= 0.6 is 34.3 Å². The molecule has 30 heavy (non-hydrogen) atoms. The smallest absolute Gasteiger partial charge is 0.249 e. The Kier molecular flexibility index (Phi) is 6.56. The highest BCUT2D eigenvalue weighted by Gasteiger charge is 2.20. The zero-order valence-electron chi connectivity index (χ0n) is 16.2. The van der Waals surface area contributed by atoms with Gasteiger partial charge in [-0.2, -0.15) is 0 Å². The van der Waals surface area contributed by atoms with Crippen LogP contribution in [0.25, 0.3) is 21.3 Å². The zero-order valence-corrected chi connectivity index (χ0v) is 18.6. The third kappa shape index (κ3) is 4.77. The number of halogens is 1. The molecule has 0 bridgehead atoms. The summed E-state index contributed by atoms with van der Waals surface area (Å²) in [7, 11) is 0. The van der Waals surface area contributed by atoms with Crippen molar-refractivity contribution in [2.45, 2.75) is 26.3 Å². The number of carbonyl (C=O) groups is 1. The van der Waals surface area contributed by atoms with Crippen LogP contribution in [0.5, 0.6) is 0 Å². The van der Waals surface area contributed by atoms with E-state index in [1.54, 1.807) is 33.6 Å². The molecule has 0 saturated carbocycles. The van der Waals surface area contributed by atoms with E-state index in [4.69, 9.17) is 16.0 Å². The predicted molar refractivity (Wildman–Crippen MR) is 120 cm³/mol. The zero-order chi connectivity index (χ0) is 20.9. The largest absolute Gasteiger partial charge is 0.419 e. The number of rotatable bonds is 8. The highest BCUT2D eigenvalue weighted by Crippen LogP contribution is 2.28. The lowest BCUT2D eigenvalue weighted by Crippen LogP contribution is -2.32. The second-order valence-corrected chi connectivity index (χ2v) is 8.81. The van der Waals surface area contributed by atoms with Gasteiger partial charge in [-0.15, -0.1) is 32.9 Å². The fourth-order valence-electron chi connectivity index (χ4n) is 2.95. The van der Waals surface area contributed by atoms with Crippen molar-refractivity contribution in [3.05, 3.63) is 63.8 Å². The minimum absolute atomic E-state index is 0.0163. The lowest BCUT2D eigenvalue weighted by Gasteiger charge is -2.19. The van der Waals surface area contributed by atoms with Crippen LogP contribution in [0.15, 0.2) is 51.6 Å². The summed E-state index contributed by atoms with van der Waals surface area (Å²) >= 11 is 9.40. The summed E-state index contributed by atoms with van der Waals surface area (Å²) in [6, 6.07) is 11.3. The van der Waals surface area contributed by atoms with Gasteiger partial charge in [0.15, 0.2) is 0 Å². The average molecular weight is 459 g/mol. The van der Waals surface area contributed by atoms with Gasteiger partial charge in [0.05, 0.1) is 34.1 Å². The van der Waals surface area contributed by atoms with Gasteiger partial charge in [0.25, 0.3) is 0 Å². The SMILES string of the molecule is CCCN(Cc1nnc(-c2ccccc2Cl)o1)C(=O)Cc1csc(-c2cccs2)n1. The molecule has 9 heteroatoms. The van der Waals surface area contributed by atoms with Crippen molar-refractivity contribution in [1.82, 2.24) is 20.1 Å². The molecule has 1 amide bonds. The van der Waals surface area contributed by atoms with Crippen molar-refractivity contribution < 1.29 is 9.21 Å². The van der Waals surface area contributed by atoms with Gasteiger partial charge >= 0.3 is 0 Å². The first kappa shape index (κ1) is 20.7. The van der Waals surface area contributed by atoms with E-state index in [-0.39, 0.29) is 18.9 Å². The standard InChI is InChI=1S/C21H19ClN4O2S2/c1-2-9-26(12-18-24-25-20(28-18)15-6-3-4-7-16(15)22)19(27)11-14-13-30-21(23-14)17-8-5-10-29-17/h3-8,10,13H,2,9,11-12H2,1H3. The first-order valence-corrected chi connectivity index (χ1v) is 11.6. The summed E-state index contributed by atoms with van der Waals surface area (Å²) in [6.45, 7) is 2.89. The Morgan fingerprint density at radius 3 is 2.80 bits per heavy atom. The first-order valence-electron chi connectivity index (χ1n) is 9.47. The van der Waals surface area contributed by atoms with Gasteiger partial charge in [0, 0.05) is 11.9 Å². The first-order chi connectivity index (χ1) is 14.6. The number of thiophene rings is 1. The molecule has 4 rings (SSSR count). The van der Waals surface area contributed by atoms with E-state index >= 15 is 0 Å².